The lowest BCUT2D eigenvalue weighted by Gasteiger charge is -2.36. The Balaban J connectivity index is 1.72. The van der Waals surface area contributed by atoms with Crippen molar-refractivity contribution >= 4 is 49.0 Å². The molecule has 1 saturated carbocycles. The molecule has 1 aliphatic heterocycles. The van der Waals surface area contributed by atoms with Gasteiger partial charge in [-0.05, 0) is 67.3 Å². The number of carboxylic acid groups (broad SMARTS) is 1. The van der Waals surface area contributed by atoms with E-state index in [0.717, 1.165) is 37.8 Å². The molecule has 0 bridgehead atoms. The Bertz CT molecular complexity index is 1440. The fraction of sp³-hybridized carbons (Fsp3) is 0.552. The normalized spacial score (nSPS) is 20.9. The third-order valence-electron chi connectivity index (χ3n) is 8.05. The highest BCUT2D eigenvalue weighted by Crippen LogP contribution is 2.42. The Morgan fingerprint density at radius 2 is 1.78 bits per heavy atom. The Kier molecular flexibility index (Phi) is 10.1. The third-order valence-corrected chi connectivity index (χ3v) is 12.1. The molecule has 0 unspecified atom stereocenters. The second-order valence-electron chi connectivity index (χ2n) is 11.6. The molecule has 226 valence electrons. The maximum absolute atomic E-state index is 14.1. The highest BCUT2D eigenvalue weighted by Gasteiger charge is 2.41. The van der Waals surface area contributed by atoms with Crippen molar-refractivity contribution < 1.29 is 26.7 Å². The van der Waals surface area contributed by atoms with Gasteiger partial charge in [-0.2, -0.15) is 4.31 Å². The van der Waals surface area contributed by atoms with Crippen molar-refractivity contribution in [2.45, 2.75) is 75.8 Å². The standard InChI is InChI=1S/C29H40ClN3O6S2/c1-20(2)19-40(36,37)31-25(29(34)35)15-14-22-16-28-26(17-24(22)30)33(23-12-8-5-9-13-23)18-27(32(3)41(28,38)39)21-10-6-4-7-11-21/h5,8-9,12-13,16-17,20-21,25,27,31H,4,6-7,10-11,14-15,18-19H2,1-3H3,(H,34,35)/t25-,27-/m0/s1. The quantitative estimate of drug-likeness (QED) is 0.380. The van der Waals surface area contributed by atoms with E-state index < -0.39 is 32.1 Å². The number of aryl methyl sites for hydroxylation is 1. The fourth-order valence-corrected chi connectivity index (χ4v) is 9.49. The maximum Gasteiger partial charge on any atom is 0.321 e. The number of nitrogens with zero attached hydrogens (tertiary/aromatic N) is 2. The van der Waals surface area contributed by atoms with Crippen molar-refractivity contribution in [3.8, 4) is 0 Å². The van der Waals surface area contributed by atoms with Gasteiger partial charge in [0.1, 0.15) is 10.9 Å². The number of benzene rings is 2. The van der Waals surface area contributed by atoms with E-state index in [1.54, 1.807) is 27.0 Å². The van der Waals surface area contributed by atoms with E-state index in [9.17, 15) is 26.7 Å². The van der Waals surface area contributed by atoms with Crippen LogP contribution >= 0.6 is 11.6 Å². The van der Waals surface area contributed by atoms with Crippen LogP contribution in [0.5, 0.6) is 0 Å². The number of halogens is 1. The van der Waals surface area contributed by atoms with Crippen LogP contribution in [0, 0.1) is 11.8 Å². The van der Waals surface area contributed by atoms with E-state index in [0.29, 0.717) is 22.8 Å². The van der Waals surface area contributed by atoms with Gasteiger partial charge in [-0.1, -0.05) is 62.9 Å². The summed E-state index contributed by atoms with van der Waals surface area (Å²) in [5, 5.41) is 10.0. The molecule has 2 aromatic rings. The monoisotopic (exact) mass is 625 g/mol. The number of hydrogen-bond acceptors (Lipinski definition) is 6. The number of hydrogen-bond donors (Lipinski definition) is 2. The van der Waals surface area contributed by atoms with Crippen LogP contribution in [0.15, 0.2) is 47.4 Å². The van der Waals surface area contributed by atoms with Crippen LogP contribution < -0.4 is 9.62 Å². The van der Waals surface area contributed by atoms with Crippen molar-refractivity contribution in [3.63, 3.8) is 0 Å². The zero-order chi connectivity index (χ0) is 29.9. The third kappa shape index (κ3) is 7.43. The predicted octanol–water partition coefficient (Wildman–Crippen LogP) is 5.02. The number of sulfonamides is 2. The molecular weight excluding hydrogens is 586 g/mol. The maximum atomic E-state index is 14.1. The number of carbonyl (C=O) groups is 1. The average Bonchev–Trinajstić information content (AvgIpc) is 2.99. The molecule has 0 saturated heterocycles. The summed E-state index contributed by atoms with van der Waals surface area (Å²) in [5.74, 6) is -1.44. The molecule has 41 heavy (non-hydrogen) atoms. The van der Waals surface area contributed by atoms with Crippen LogP contribution in [0.25, 0.3) is 0 Å². The zero-order valence-corrected chi connectivity index (χ0v) is 26.2. The first-order chi connectivity index (χ1) is 19.3. The number of para-hydroxylation sites is 1. The molecule has 0 radical (unpaired) electrons. The molecule has 2 aromatic carbocycles. The second kappa shape index (κ2) is 13.0. The van der Waals surface area contributed by atoms with Gasteiger partial charge in [0.25, 0.3) is 0 Å². The summed E-state index contributed by atoms with van der Waals surface area (Å²) in [4.78, 5) is 14.0. The summed E-state index contributed by atoms with van der Waals surface area (Å²) in [7, 11) is -6.10. The van der Waals surface area contributed by atoms with Crippen molar-refractivity contribution in [1.82, 2.24) is 9.03 Å². The Morgan fingerprint density at radius 1 is 1.12 bits per heavy atom. The van der Waals surface area contributed by atoms with Crippen LogP contribution in [-0.4, -0.2) is 63.6 Å². The Labute approximate surface area is 249 Å². The molecule has 1 fully saturated rings. The molecule has 2 atom stereocenters. The molecule has 12 heteroatoms. The highest BCUT2D eigenvalue weighted by atomic mass is 35.5. The van der Waals surface area contributed by atoms with Crippen LogP contribution in [0.2, 0.25) is 5.02 Å². The van der Waals surface area contributed by atoms with Crippen molar-refractivity contribution in [2.24, 2.45) is 11.8 Å². The molecule has 1 heterocycles. The van der Waals surface area contributed by atoms with E-state index in [-0.39, 0.29) is 41.4 Å². The minimum absolute atomic E-state index is 0.0733. The first-order valence-electron chi connectivity index (χ1n) is 14.2. The number of aliphatic carboxylic acids is 1. The number of anilines is 2. The predicted molar refractivity (Wildman–Crippen MR) is 162 cm³/mol. The summed E-state index contributed by atoms with van der Waals surface area (Å²) in [6.07, 6.45) is 5.24. The number of carboxylic acids is 1. The van der Waals surface area contributed by atoms with E-state index in [2.05, 4.69) is 4.72 Å². The number of nitrogens with one attached hydrogen (secondary N) is 1. The topological polar surface area (TPSA) is 124 Å². The van der Waals surface area contributed by atoms with Gasteiger partial charge in [0, 0.05) is 30.3 Å². The lowest BCUT2D eigenvalue weighted by atomic mass is 9.83. The van der Waals surface area contributed by atoms with Gasteiger partial charge in [-0.15, -0.1) is 0 Å². The van der Waals surface area contributed by atoms with E-state index in [1.165, 1.54) is 10.4 Å². The lowest BCUT2D eigenvalue weighted by molar-refractivity contribution is -0.139. The summed E-state index contributed by atoms with van der Waals surface area (Å²) in [6.45, 7) is 3.95. The van der Waals surface area contributed by atoms with Gasteiger partial charge in [0.15, 0.2) is 0 Å². The molecule has 2 aliphatic rings. The molecular formula is C29H40ClN3O6S2. The van der Waals surface area contributed by atoms with Gasteiger partial charge in [0.2, 0.25) is 20.0 Å². The van der Waals surface area contributed by atoms with Crippen LogP contribution in [0.4, 0.5) is 11.4 Å². The summed E-state index contributed by atoms with van der Waals surface area (Å²) < 4.78 is 56.9. The van der Waals surface area contributed by atoms with Gasteiger partial charge in [0.05, 0.1) is 11.4 Å². The SMILES string of the molecule is CC(C)CS(=O)(=O)N[C@@H](CCc1cc2c(cc1Cl)N(c1ccccc1)C[C@@H](C1CCCCC1)N(C)S2(=O)=O)C(=O)O. The largest absolute Gasteiger partial charge is 0.480 e. The first-order valence-corrected chi connectivity index (χ1v) is 17.6. The van der Waals surface area contributed by atoms with E-state index >= 15 is 0 Å². The minimum atomic E-state index is -3.93. The van der Waals surface area contributed by atoms with Crippen LogP contribution in [0.1, 0.15) is 57.9 Å². The Hall–Kier alpha value is -2.18. The van der Waals surface area contributed by atoms with Gasteiger partial charge < -0.3 is 10.0 Å². The van der Waals surface area contributed by atoms with Crippen molar-refractivity contribution in [2.75, 3.05) is 24.2 Å². The minimum Gasteiger partial charge on any atom is -0.480 e. The zero-order valence-electron chi connectivity index (χ0n) is 23.8. The fourth-order valence-electron chi connectivity index (χ4n) is 5.98. The molecule has 0 aromatic heterocycles. The smallest absolute Gasteiger partial charge is 0.321 e. The van der Waals surface area contributed by atoms with Crippen molar-refractivity contribution in [3.05, 3.63) is 53.1 Å². The molecule has 0 amide bonds. The van der Waals surface area contributed by atoms with Crippen molar-refractivity contribution in [1.29, 1.82) is 0 Å². The van der Waals surface area contributed by atoms with Crippen LogP contribution in [0.3, 0.4) is 0 Å². The van der Waals surface area contributed by atoms with Gasteiger partial charge in [-0.25, -0.2) is 21.6 Å². The second-order valence-corrected chi connectivity index (χ2v) is 15.7. The van der Waals surface area contributed by atoms with Gasteiger partial charge >= 0.3 is 5.97 Å². The van der Waals surface area contributed by atoms with E-state index in [1.807, 2.05) is 35.2 Å². The number of likely N-dealkylation sites (N-methyl/N-ethyl adjacent to an activating group) is 1. The number of fused-ring (bicyclic) bond motifs is 1. The molecule has 9 nitrogen and oxygen atoms in total. The Morgan fingerprint density at radius 3 is 2.39 bits per heavy atom. The average molecular weight is 626 g/mol. The lowest BCUT2D eigenvalue weighted by Crippen LogP contribution is -2.46. The highest BCUT2D eigenvalue weighted by molar-refractivity contribution is 7.89. The van der Waals surface area contributed by atoms with Crippen LogP contribution in [-0.2, 0) is 31.3 Å². The first kappa shape index (κ1) is 31.7. The molecule has 2 N–H and O–H groups in total. The number of rotatable bonds is 10. The molecule has 4 rings (SSSR count). The summed E-state index contributed by atoms with van der Waals surface area (Å²) in [6, 6.07) is 11.2. The van der Waals surface area contributed by atoms with Gasteiger partial charge in [-0.3, -0.25) is 4.79 Å². The van der Waals surface area contributed by atoms with E-state index in [4.69, 9.17) is 11.6 Å². The molecule has 1 aliphatic carbocycles. The summed E-state index contributed by atoms with van der Waals surface area (Å²) >= 11 is 6.73. The molecule has 0 spiro atoms. The summed E-state index contributed by atoms with van der Waals surface area (Å²) in [5.41, 5.74) is 1.78.